The van der Waals surface area contributed by atoms with Gasteiger partial charge in [-0.1, -0.05) is 23.4 Å². The van der Waals surface area contributed by atoms with Gasteiger partial charge in [0, 0.05) is 11.1 Å². The minimum absolute atomic E-state index is 0.211. The van der Waals surface area contributed by atoms with E-state index in [0.717, 1.165) is 11.1 Å². The second-order valence-electron chi connectivity index (χ2n) is 6.00. The van der Waals surface area contributed by atoms with Crippen molar-refractivity contribution in [1.82, 2.24) is 20.3 Å². The Kier molecular flexibility index (Phi) is 4.57. The van der Waals surface area contributed by atoms with E-state index in [-0.39, 0.29) is 11.9 Å². The van der Waals surface area contributed by atoms with Gasteiger partial charge in [-0.3, -0.25) is 0 Å². The molecule has 2 heterocycles. The molecule has 0 aliphatic heterocycles. The number of halogens is 1. The highest BCUT2D eigenvalue weighted by Crippen LogP contribution is 2.22. The third-order valence-electron chi connectivity index (χ3n) is 4.02. The number of hydrogen-bond acceptors (Lipinski definition) is 6. The summed E-state index contributed by atoms with van der Waals surface area (Å²) in [4.78, 5) is 4.43. The lowest BCUT2D eigenvalue weighted by molar-refractivity contribution is 0.419. The van der Waals surface area contributed by atoms with Crippen LogP contribution in [0.5, 0.6) is 0 Å². The molecule has 1 unspecified atom stereocenters. The quantitative estimate of drug-likeness (QED) is 0.564. The van der Waals surface area contributed by atoms with Crippen LogP contribution in [0.2, 0.25) is 0 Å². The molecule has 6 nitrogen and oxygen atoms in total. The molecule has 134 valence electrons. The van der Waals surface area contributed by atoms with Gasteiger partial charge in [-0.25, -0.2) is 4.39 Å². The lowest BCUT2D eigenvalue weighted by Crippen LogP contribution is -2.10. The van der Waals surface area contributed by atoms with Crippen LogP contribution in [0, 0.1) is 5.82 Å². The van der Waals surface area contributed by atoms with Gasteiger partial charge in [0.2, 0.25) is 0 Å². The molecule has 0 aliphatic carbocycles. The van der Waals surface area contributed by atoms with Crippen molar-refractivity contribution in [2.24, 2.45) is 0 Å². The van der Waals surface area contributed by atoms with Crippen LogP contribution < -0.4 is 5.32 Å². The largest absolute Gasteiger partial charge is 0.359 e. The van der Waals surface area contributed by atoms with Crippen molar-refractivity contribution in [2.45, 2.75) is 13.0 Å². The van der Waals surface area contributed by atoms with Crippen LogP contribution in [0.3, 0.4) is 0 Å². The minimum Gasteiger partial charge on any atom is -0.359 e. The fraction of sp³-hybridized carbons (Fsp3) is 0.100. The summed E-state index contributed by atoms with van der Waals surface area (Å²) >= 11 is 0. The highest BCUT2D eigenvalue weighted by molar-refractivity contribution is 5.59. The van der Waals surface area contributed by atoms with Crippen LogP contribution in [0.25, 0.3) is 22.7 Å². The second-order valence-corrected chi connectivity index (χ2v) is 6.00. The van der Waals surface area contributed by atoms with E-state index in [2.05, 4.69) is 25.7 Å². The second kappa shape index (κ2) is 7.33. The first-order valence-electron chi connectivity index (χ1n) is 8.44. The van der Waals surface area contributed by atoms with E-state index < -0.39 is 0 Å². The summed E-state index contributed by atoms with van der Waals surface area (Å²) in [6.45, 7) is 1.91. The Bertz CT molecular complexity index is 1020. The van der Waals surface area contributed by atoms with Gasteiger partial charge in [-0.15, -0.1) is 10.2 Å². The number of rotatable bonds is 5. The fourth-order valence-corrected chi connectivity index (χ4v) is 2.58. The van der Waals surface area contributed by atoms with Crippen molar-refractivity contribution in [3.63, 3.8) is 0 Å². The lowest BCUT2D eigenvalue weighted by atomic mass is 10.1. The first-order valence-corrected chi connectivity index (χ1v) is 8.44. The summed E-state index contributed by atoms with van der Waals surface area (Å²) in [6, 6.07) is 19.1. The molecule has 2 aromatic carbocycles. The SMILES string of the molecule is CC(Nc1ccc(-c2ccc(F)cc2)nn1)c1noc(-c2ccccc2)n1. The zero-order valence-electron chi connectivity index (χ0n) is 14.5. The summed E-state index contributed by atoms with van der Waals surface area (Å²) in [5.74, 6) is 1.29. The van der Waals surface area contributed by atoms with Crippen LogP contribution in [-0.2, 0) is 0 Å². The molecule has 0 aliphatic rings. The van der Waals surface area contributed by atoms with E-state index in [9.17, 15) is 4.39 Å². The fourth-order valence-electron chi connectivity index (χ4n) is 2.58. The van der Waals surface area contributed by atoms with Gasteiger partial charge in [0.1, 0.15) is 11.6 Å². The highest BCUT2D eigenvalue weighted by atomic mass is 19.1. The van der Waals surface area contributed by atoms with Gasteiger partial charge < -0.3 is 9.84 Å². The normalized spacial score (nSPS) is 11.9. The van der Waals surface area contributed by atoms with Gasteiger partial charge in [0.05, 0.1) is 11.7 Å². The maximum absolute atomic E-state index is 13.0. The Morgan fingerprint density at radius 2 is 1.67 bits per heavy atom. The highest BCUT2D eigenvalue weighted by Gasteiger charge is 2.15. The van der Waals surface area contributed by atoms with Gasteiger partial charge in [-0.05, 0) is 55.5 Å². The Hall–Kier alpha value is -3.61. The molecule has 4 rings (SSSR count). The molecule has 27 heavy (non-hydrogen) atoms. The van der Waals surface area contributed by atoms with Crippen molar-refractivity contribution >= 4 is 5.82 Å². The number of nitrogens with zero attached hydrogens (tertiary/aromatic N) is 4. The number of hydrogen-bond donors (Lipinski definition) is 1. The van der Waals surface area contributed by atoms with Crippen LogP contribution in [0.4, 0.5) is 10.2 Å². The average Bonchev–Trinajstić information content (AvgIpc) is 3.20. The third kappa shape index (κ3) is 3.82. The average molecular weight is 361 g/mol. The molecule has 0 saturated heterocycles. The molecule has 2 aromatic heterocycles. The Balaban J connectivity index is 1.46. The molecular weight excluding hydrogens is 345 g/mol. The van der Waals surface area contributed by atoms with Gasteiger partial charge >= 0.3 is 0 Å². The van der Waals surface area contributed by atoms with E-state index in [1.54, 1.807) is 18.2 Å². The molecule has 4 aromatic rings. The Morgan fingerprint density at radius 3 is 2.37 bits per heavy atom. The molecule has 0 saturated carbocycles. The minimum atomic E-state index is -0.284. The molecule has 0 fully saturated rings. The summed E-state index contributed by atoms with van der Waals surface area (Å²) in [7, 11) is 0. The lowest BCUT2D eigenvalue weighted by Gasteiger charge is -2.10. The smallest absolute Gasteiger partial charge is 0.257 e. The van der Waals surface area contributed by atoms with E-state index in [1.807, 2.05) is 43.3 Å². The molecular formula is C20H16FN5O. The molecule has 0 bridgehead atoms. The first kappa shape index (κ1) is 16.8. The summed E-state index contributed by atoms with van der Waals surface area (Å²) in [5.41, 5.74) is 2.33. The van der Waals surface area contributed by atoms with Gasteiger partial charge in [-0.2, -0.15) is 4.98 Å². The van der Waals surface area contributed by atoms with Crippen molar-refractivity contribution in [2.75, 3.05) is 5.32 Å². The van der Waals surface area contributed by atoms with Gasteiger partial charge in [0.25, 0.3) is 5.89 Å². The third-order valence-corrected chi connectivity index (χ3v) is 4.02. The van der Waals surface area contributed by atoms with Crippen molar-refractivity contribution < 1.29 is 8.91 Å². The van der Waals surface area contributed by atoms with Crippen LogP contribution in [-0.4, -0.2) is 20.3 Å². The van der Waals surface area contributed by atoms with Gasteiger partial charge in [0.15, 0.2) is 5.82 Å². The maximum atomic E-state index is 13.0. The van der Waals surface area contributed by atoms with Crippen LogP contribution in [0.1, 0.15) is 18.8 Å². The molecule has 1 atom stereocenters. The molecule has 7 heteroatoms. The van der Waals surface area contributed by atoms with E-state index >= 15 is 0 Å². The number of aromatic nitrogens is 4. The Labute approximate surface area is 155 Å². The molecule has 0 radical (unpaired) electrons. The van der Waals surface area contributed by atoms with E-state index in [4.69, 9.17) is 4.52 Å². The summed E-state index contributed by atoms with van der Waals surface area (Å²) in [5, 5.41) is 15.6. The zero-order chi connectivity index (χ0) is 18.6. The molecule has 1 N–H and O–H groups in total. The first-order chi connectivity index (χ1) is 13.2. The van der Waals surface area contributed by atoms with Crippen molar-refractivity contribution in [3.05, 3.63) is 78.4 Å². The Morgan fingerprint density at radius 1 is 0.889 bits per heavy atom. The summed E-state index contributed by atoms with van der Waals surface area (Å²) in [6.07, 6.45) is 0. The zero-order valence-corrected chi connectivity index (χ0v) is 14.5. The predicted molar refractivity (Wildman–Crippen MR) is 99.2 cm³/mol. The number of anilines is 1. The molecule has 0 spiro atoms. The topological polar surface area (TPSA) is 76.7 Å². The maximum Gasteiger partial charge on any atom is 0.257 e. The monoisotopic (exact) mass is 361 g/mol. The van der Waals surface area contributed by atoms with Crippen molar-refractivity contribution in [1.29, 1.82) is 0 Å². The number of nitrogens with one attached hydrogen (secondary N) is 1. The van der Waals surface area contributed by atoms with Crippen LogP contribution in [0.15, 0.2) is 71.3 Å². The predicted octanol–water partition coefficient (Wildman–Crippen LogP) is 4.51. The van der Waals surface area contributed by atoms with Crippen molar-refractivity contribution in [3.8, 4) is 22.7 Å². The number of benzene rings is 2. The van der Waals surface area contributed by atoms with E-state index in [1.165, 1.54) is 12.1 Å². The summed E-state index contributed by atoms with van der Waals surface area (Å²) < 4.78 is 18.3. The molecule has 0 amide bonds. The standard InChI is InChI=1S/C20H16FN5O/c1-13(19-23-20(27-26-19)15-5-3-2-4-6-15)22-18-12-11-17(24-25-18)14-7-9-16(21)10-8-14/h2-13H,1H3,(H,22,25). The van der Waals surface area contributed by atoms with Crippen LogP contribution >= 0.6 is 0 Å². The van der Waals surface area contributed by atoms with E-state index in [0.29, 0.717) is 23.2 Å².